The van der Waals surface area contributed by atoms with E-state index >= 15 is 0 Å². The maximum absolute atomic E-state index is 13.5. The summed E-state index contributed by atoms with van der Waals surface area (Å²) in [5.74, 6) is 0. The van der Waals surface area contributed by atoms with Crippen LogP contribution in [-0.4, -0.2) is 41.8 Å². The van der Waals surface area contributed by atoms with Gasteiger partial charge in [0, 0.05) is 22.1 Å². The summed E-state index contributed by atoms with van der Waals surface area (Å²) < 4.78 is 46.9. The Bertz CT molecular complexity index is 1040. The van der Waals surface area contributed by atoms with E-state index in [9.17, 15) is 13.2 Å². The summed E-state index contributed by atoms with van der Waals surface area (Å²) in [5.41, 5.74) is 2.02. The molecule has 1 saturated heterocycles. The molecule has 31 heavy (non-hydrogen) atoms. The van der Waals surface area contributed by atoms with Crippen molar-refractivity contribution in [3.05, 3.63) is 64.8 Å². The Balaban J connectivity index is 1.64. The molecule has 0 amide bonds. The smallest absolute Gasteiger partial charge is 0.373 e. The van der Waals surface area contributed by atoms with Crippen molar-refractivity contribution in [1.29, 1.82) is 0 Å². The monoisotopic (exact) mass is 431 g/mol. The highest BCUT2D eigenvalue weighted by Crippen LogP contribution is 2.39. The van der Waals surface area contributed by atoms with E-state index in [2.05, 4.69) is 34.3 Å². The van der Waals surface area contributed by atoms with E-state index in [1.165, 1.54) is 11.6 Å². The molecule has 2 aromatic carbocycles. The highest BCUT2D eigenvalue weighted by atomic mass is 19.4. The van der Waals surface area contributed by atoms with Gasteiger partial charge in [-0.3, -0.25) is 5.10 Å². The van der Waals surface area contributed by atoms with Crippen LogP contribution in [0.3, 0.4) is 0 Å². The van der Waals surface area contributed by atoms with Crippen molar-refractivity contribution in [2.24, 2.45) is 0 Å². The summed E-state index contributed by atoms with van der Waals surface area (Å²) in [4.78, 5) is 2.30. The second-order valence-corrected chi connectivity index (χ2v) is 8.71. The van der Waals surface area contributed by atoms with Gasteiger partial charge in [0.25, 0.3) is 0 Å². The fourth-order valence-corrected chi connectivity index (χ4v) is 4.47. The van der Waals surface area contributed by atoms with Crippen LogP contribution in [0.2, 0.25) is 0 Å². The van der Waals surface area contributed by atoms with Gasteiger partial charge in [-0.25, -0.2) is 0 Å². The van der Waals surface area contributed by atoms with E-state index < -0.39 is 17.8 Å². The number of hydrogen-bond donors (Lipinski definition) is 1. The van der Waals surface area contributed by atoms with Crippen LogP contribution in [0, 0.1) is 6.92 Å². The molecule has 1 fully saturated rings. The Morgan fingerprint density at radius 1 is 1.16 bits per heavy atom. The Morgan fingerprint density at radius 3 is 2.48 bits per heavy atom. The molecule has 4 rings (SSSR count). The minimum atomic E-state index is -4.43. The molecule has 0 bridgehead atoms. The lowest BCUT2D eigenvalue weighted by molar-refractivity contribution is -0.137. The lowest BCUT2D eigenvalue weighted by Gasteiger charge is -2.41. The van der Waals surface area contributed by atoms with Crippen LogP contribution in [-0.2, 0) is 16.3 Å². The first kappa shape index (κ1) is 21.8. The second kappa shape index (κ2) is 8.28. The van der Waals surface area contributed by atoms with Crippen molar-refractivity contribution in [2.75, 3.05) is 26.7 Å². The van der Waals surface area contributed by atoms with Crippen LogP contribution < -0.4 is 0 Å². The number of likely N-dealkylation sites (tertiary alicyclic amines) is 1. The molecule has 2 heterocycles. The van der Waals surface area contributed by atoms with Gasteiger partial charge in [-0.05, 0) is 64.5 Å². The number of rotatable bonds is 5. The quantitative estimate of drug-likeness (QED) is 0.569. The molecule has 1 aromatic heterocycles. The van der Waals surface area contributed by atoms with Crippen molar-refractivity contribution in [3.63, 3.8) is 0 Å². The van der Waals surface area contributed by atoms with Gasteiger partial charge in [-0.1, -0.05) is 30.3 Å². The van der Waals surface area contributed by atoms with Crippen LogP contribution in [0.25, 0.3) is 10.9 Å². The topological polar surface area (TPSA) is 41.1 Å². The number of hydrogen-bond acceptors (Lipinski definition) is 3. The molecule has 166 valence electrons. The number of aryl methyl sites for hydroxylation is 1. The number of nitrogens with zero attached hydrogens (tertiary/aromatic N) is 2. The molecular weight excluding hydrogens is 403 g/mol. The lowest BCUT2D eigenvalue weighted by Crippen LogP contribution is -2.44. The Morgan fingerprint density at radius 2 is 1.84 bits per heavy atom. The maximum atomic E-state index is 13.5. The van der Waals surface area contributed by atoms with Gasteiger partial charge < -0.3 is 9.64 Å². The van der Waals surface area contributed by atoms with Crippen molar-refractivity contribution in [2.45, 2.75) is 44.4 Å². The van der Waals surface area contributed by atoms with Gasteiger partial charge >= 0.3 is 6.18 Å². The van der Waals surface area contributed by atoms with Gasteiger partial charge in [0.15, 0.2) is 0 Å². The van der Waals surface area contributed by atoms with Crippen LogP contribution in [0.15, 0.2) is 42.5 Å². The van der Waals surface area contributed by atoms with Gasteiger partial charge in [-0.15, -0.1) is 0 Å². The average Bonchev–Trinajstić information content (AvgIpc) is 3.14. The normalized spacial score (nSPS) is 18.4. The van der Waals surface area contributed by atoms with Crippen LogP contribution >= 0.6 is 0 Å². The molecule has 1 N–H and O–H groups in total. The molecular formula is C24H28F3N3O. The number of piperidine rings is 1. The molecule has 0 radical (unpaired) electrons. The summed E-state index contributed by atoms with van der Waals surface area (Å²) in [6.07, 6.45) is -3.06. The number of aromatic nitrogens is 2. The summed E-state index contributed by atoms with van der Waals surface area (Å²) >= 11 is 0. The Labute approximate surface area is 180 Å². The van der Waals surface area contributed by atoms with Crippen LogP contribution in [0.4, 0.5) is 13.2 Å². The molecule has 1 aliphatic rings. The molecule has 0 aliphatic carbocycles. The fourth-order valence-electron chi connectivity index (χ4n) is 4.47. The zero-order valence-electron chi connectivity index (χ0n) is 18.1. The summed E-state index contributed by atoms with van der Waals surface area (Å²) in [6.45, 7) is 5.91. The summed E-state index contributed by atoms with van der Waals surface area (Å²) in [7, 11) is 2.11. The molecule has 1 aliphatic heterocycles. The number of benzene rings is 2. The number of ether oxygens (including phenoxy) is 1. The largest absolute Gasteiger partial charge is 0.416 e. The third-order valence-electron chi connectivity index (χ3n) is 6.58. The third kappa shape index (κ3) is 4.34. The van der Waals surface area contributed by atoms with Gasteiger partial charge in [0.2, 0.25) is 0 Å². The molecule has 4 nitrogen and oxygen atoms in total. The first-order valence-corrected chi connectivity index (χ1v) is 10.6. The van der Waals surface area contributed by atoms with Gasteiger partial charge in [-0.2, -0.15) is 18.3 Å². The number of nitrogens with one attached hydrogen (secondary N) is 1. The molecule has 0 spiro atoms. The lowest BCUT2D eigenvalue weighted by atomic mass is 9.73. The average molecular weight is 432 g/mol. The second-order valence-electron chi connectivity index (χ2n) is 8.71. The maximum Gasteiger partial charge on any atom is 0.416 e. The van der Waals surface area contributed by atoms with Crippen molar-refractivity contribution < 1.29 is 17.9 Å². The van der Waals surface area contributed by atoms with Crippen LogP contribution in [0.5, 0.6) is 0 Å². The third-order valence-corrected chi connectivity index (χ3v) is 6.58. The van der Waals surface area contributed by atoms with Gasteiger partial charge in [0.1, 0.15) is 0 Å². The minimum absolute atomic E-state index is 0.149. The first-order valence-electron chi connectivity index (χ1n) is 10.6. The molecule has 1 unspecified atom stereocenters. The number of alkyl halides is 3. The summed E-state index contributed by atoms with van der Waals surface area (Å²) in [5, 5.41) is 7.56. The standard InChI is InChI=1S/C24H28F3N3O/c1-16-20-13-19(24(25,26)27)14-21(22(20)29-28-16)17(2)31-15-23(9-11-30(3)12-10-23)18-7-5-4-6-8-18/h4-8,13-14,17H,9-12,15H2,1-3H3,(H,28,29). The highest BCUT2D eigenvalue weighted by molar-refractivity contribution is 5.85. The Hall–Kier alpha value is -2.38. The number of aromatic amines is 1. The first-order chi connectivity index (χ1) is 14.7. The predicted molar refractivity (Wildman–Crippen MR) is 115 cm³/mol. The van der Waals surface area contributed by atoms with Gasteiger partial charge in [0.05, 0.1) is 23.8 Å². The van der Waals surface area contributed by atoms with E-state index in [1.54, 1.807) is 6.92 Å². The minimum Gasteiger partial charge on any atom is -0.373 e. The zero-order valence-corrected chi connectivity index (χ0v) is 18.1. The number of fused-ring (bicyclic) bond motifs is 1. The number of halogens is 3. The predicted octanol–water partition coefficient (Wildman–Crippen LogP) is 5.63. The van der Waals surface area contributed by atoms with E-state index in [0.717, 1.165) is 32.0 Å². The molecule has 1 atom stereocenters. The van der Waals surface area contributed by atoms with E-state index in [1.807, 2.05) is 25.1 Å². The van der Waals surface area contributed by atoms with E-state index in [4.69, 9.17) is 4.74 Å². The zero-order chi connectivity index (χ0) is 22.2. The highest BCUT2D eigenvalue weighted by Gasteiger charge is 2.37. The molecule has 7 heteroatoms. The fraction of sp³-hybridized carbons (Fsp3) is 0.458. The summed E-state index contributed by atoms with van der Waals surface area (Å²) in [6, 6.07) is 12.6. The van der Waals surface area contributed by atoms with E-state index in [-0.39, 0.29) is 5.41 Å². The van der Waals surface area contributed by atoms with Crippen molar-refractivity contribution in [1.82, 2.24) is 15.1 Å². The van der Waals surface area contributed by atoms with Crippen molar-refractivity contribution in [3.8, 4) is 0 Å². The molecule has 3 aromatic rings. The van der Waals surface area contributed by atoms with Crippen LogP contribution in [0.1, 0.15) is 48.3 Å². The molecule has 0 saturated carbocycles. The van der Waals surface area contributed by atoms with E-state index in [0.29, 0.717) is 28.8 Å². The van der Waals surface area contributed by atoms with Crippen molar-refractivity contribution >= 4 is 10.9 Å². The SMILES string of the molecule is Cc1[nH]nc2c(C(C)OCC3(c4ccccc4)CCN(C)CC3)cc(C(F)(F)F)cc12. The Kier molecular flexibility index (Phi) is 5.83. The number of H-pyrrole nitrogens is 1.